The maximum atomic E-state index is 13.0. The SMILES string of the molecule is CCNc1nc(-c2ccc(F)cc2Cl)cc(C(F)(F)F)n1. The highest BCUT2D eigenvalue weighted by Crippen LogP contribution is 2.33. The van der Waals surface area contributed by atoms with Crippen molar-refractivity contribution in [1.29, 1.82) is 0 Å². The summed E-state index contributed by atoms with van der Waals surface area (Å²) in [6.45, 7) is 2.06. The molecule has 112 valence electrons. The monoisotopic (exact) mass is 319 g/mol. The Morgan fingerprint density at radius 2 is 1.90 bits per heavy atom. The number of rotatable bonds is 3. The van der Waals surface area contributed by atoms with E-state index in [0.717, 1.165) is 18.2 Å². The molecule has 0 aliphatic rings. The quantitative estimate of drug-likeness (QED) is 0.853. The summed E-state index contributed by atoms with van der Waals surface area (Å²) in [7, 11) is 0. The van der Waals surface area contributed by atoms with E-state index in [-0.39, 0.29) is 22.2 Å². The largest absolute Gasteiger partial charge is 0.433 e. The van der Waals surface area contributed by atoms with E-state index in [2.05, 4.69) is 15.3 Å². The van der Waals surface area contributed by atoms with Gasteiger partial charge in [0.2, 0.25) is 5.95 Å². The van der Waals surface area contributed by atoms with Crippen molar-refractivity contribution in [2.45, 2.75) is 13.1 Å². The van der Waals surface area contributed by atoms with E-state index < -0.39 is 17.7 Å². The summed E-state index contributed by atoms with van der Waals surface area (Å²) in [6, 6.07) is 4.17. The van der Waals surface area contributed by atoms with E-state index in [4.69, 9.17) is 11.6 Å². The van der Waals surface area contributed by atoms with E-state index in [0.29, 0.717) is 6.54 Å². The van der Waals surface area contributed by atoms with E-state index in [1.54, 1.807) is 6.92 Å². The van der Waals surface area contributed by atoms with Crippen molar-refractivity contribution in [3.05, 3.63) is 40.8 Å². The summed E-state index contributed by atoms with van der Waals surface area (Å²) in [5.74, 6) is -0.747. The van der Waals surface area contributed by atoms with Crippen molar-refractivity contribution < 1.29 is 17.6 Å². The normalized spacial score (nSPS) is 11.5. The lowest BCUT2D eigenvalue weighted by molar-refractivity contribution is -0.141. The number of aromatic nitrogens is 2. The van der Waals surface area contributed by atoms with Crippen LogP contribution in [0.15, 0.2) is 24.3 Å². The molecule has 2 rings (SSSR count). The molecule has 0 saturated heterocycles. The fourth-order valence-corrected chi connectivity index (χ4v) is 1.93. The van der Waals surface area contributed by atoms with Gasteiger partial charge in [-0.2, -0.15) is 13.2 Å². The zero-order valence-electron chi connectivity index (χ0n) is 10.8. The number of hydrogen-bond acceptors (Lipinski definition) is 3. The summed E-state index contributed by atoms with van der Waals surface area (Å²) in [6.07, 6.45) is -4.62. The number of benzene rings is 1. The first-order valence-corrected chi connectivity index (χ1v) is 6.34. The molecule has 2 aromatic rings. The molecule has 0 amide bonds. The van der Waals surface area contributed by atoms with Gasteiger partial charge in [-0.15, -0.1) is 0 Å². The first-order valence-electron chi connectivity index (χ1n) is 5.97. The Bertz CT molecular complexity index is 658. The van der Waals surface area contributed by atoms with Gasteiger partial charge >= 0.3 is 6.18 Å². The minimum atomic E-state index is -4.62. The molecule has 1 heterocycles. The van der Waals surface area contributed by atoms with Crippen molar-refractivity contribution in [2.24, 2.45) is 0 Å². The van der Waals surface area contributed by atoms with Gasteiger partial charge < -0.3 is 5.32 Å². The third-order valence-corrected chi connectivity index (χ3v) is 2.87. The van der Waals surface area contributed by atoms with Gasteiger partial charge in [-0.1, -0.05) is 11.6 Å². The smallest absolute Gasteiger partial charge is 0.354 e. The molecule has 0 saturated carbocycles. The summed E-state index contributed by atoms with van der Waals surface area (Å²) in [5.41, 5.74) is -0.924. The fraction of sp³-hybridized carbons (Fsp3) is 0.231. The van der Waals surface area contributed by atoms with Gasteiger partial charge in [-0.05, 0) is 31.2 Å². The van der Waals surface area contributed by atoms with Gasteiger partial charge in [-0.25, -0.2) is 14.4 Å². The van der Waals surface area contributed by atoms with Gasteiger partial charge in [0.05, 0.1) is 10.7 Å². The molecule has 1 aromatic carbocycles. The molecule has 0 aliphatic heterocycles. The minimum Gasteiger partial charge on any atom is -0.354 e. The van der Waals surface area contributed by atoms with Crippen LogP contribution < -0.4 is 5.32 Å². The molecule has 0 bridgehead atoms. The molecule has 1 N–H and O–H groups in total. The van der Waals surface area contributed by atoms with Crippen LogP contribution in [0, 0.1) is 5.82 Å². The van der Waals surface area contributed by atoms with Crippen LogP contribution >= 0.6 is 11.6 Å². The maximum absolute atomic E-state index is 13.0. The van der Waals surface area contributed by atoms with Crippen LogP contribution in [0.2, 0.25) is 5.02 Å². The minimum absolute atomic E-state index is 0.0238. The molecular weight excluding hydrogens is 310 g/mol. The number of anilines is 1. The van der Waals surface area contributed by atoms with E-state index in [1.807, 2.05) is 0 Å². The molecule has 0 atom stereocenters. The summed E-state index contributed by atoms with van der Waals surface area (Å²) in [5, 5.41) is 2.60. The molecule has 0 spiro atoms. The molecule has 0 radical (unpaired) electrons. The van der Waals surface area contributed by atoms with Gasteiger partial charge in [-0.3, -0.25) is 0 Å². The van der Waals surface area contributed by atoms with Gasteiger partial charge in [0.25, 0.3) is 0 Å². The fourth-order valence-electron chi connectivity index (χ4n) is 1.66. The van der Waals surface area contributed by atoms with Crippen molar-refractivity contribution in [3.8, 4) is 11.3 Å². The Hall–Kier alpha value is -1.89. The van der Waals surface area contributed by atoms with Gasteiger partial charge in [0.1, 0.15) is 5.82 Å². The van der Waals surface area contributed by atoms with Crippen molar-refractivity contribution >= 4 is 17.5 Å². The summed E-state index contributed by atoms with van der Waals surface area (Å²) in [4.78, 5) is 7.37. The van der Waals surface area contributed by atoms with Gasteiger partial charge in [0.15, 0.2) is 5.69 Å². The Labute approximate surface area is 123 Å². The zero-order chi connectivity index (χ0) is 15.6. The summed E-state index contributed by atoms with van der Waals surface area (Å²) < 4.78 is 51.6. The van der Waals surface area contributed by atoms with Crippen LogP contribution in [-0.4, -0.2) is 16.5 Å². The predicted molar refractivity (Wildman–Crippen MR) is 71.6 cm³/mol. The van der Waals surface area contributed by atoms with Gasteiger partial charge in [0, 0.05) is 12.1 Å². The first kappa shape index (κ1) is 15.5. The van der Waals surface area contributed by atoms with Crippen LogP contribution in [0.25, 0.3) is 11.3 Å². The van der Waals surface area contributed by atoms with Crippen LogP contribution in [0.5, 0.6) is 0 Å². The Balaban J connectivity index is 2.59. The highest BCUT2D eigenvalue weighted by Gasteiger charge is 2.34. The number of nitrogens with zero attached hydrogens (tertiary/aromatic N) is 2. The standard InChI is InChI=1S/C13H10ClF4N3/c1-2-19-12-20-10(6-11(21-12)13(16,17)18)8-4-3-7(15)5-9(8)14/h3-6H,2H2,1H3,(H,19,20,21). The predicted octanol–water partition coefficient (Wildman–Crippen LogP) is 4.39. The maximum Gasteiger partial charge on any atom is 0.433 e. The average molecular weight is 320 g/mol. The molecule has 0 aliphatic carbocycles. The molecule has 21 heavy (non-hydrogen) atoms. The molecule has 0 unspecified atom stereocenters. The average Bonchev–Trinajstić information content (AvgIpc) is 2.37. The second-order valence-corrected chi connectivity index (χ2v) is 4.52. The molecular formula is C13H10ClF4N3. The number of halogens is 5. The lowest BCUT2D eigenvalue weighted by Crippen LogP contribution is -2.12. The Kier molecular flexibility index (Phi) is 4.32. The third kappa shape index (κ3) is 3.60. The summed E-state index contributed by atoms with van der Waals surface area (Å²) >= 11 is 5.86. The number of alkyl halides is 3. The highest BCUT2D eigenvalue weighted by molar-refractivity contribution is 6.33. The van der Waals surface area contributed by atoms with Crippen LogP contribution in [-0.2, 0) is 6.18 Å². The number of hydrogen-bond donors (Lipinski definition) is 1. The van der Waals surface area contributed by atoms with Crippen molar-refractivity contribution in [1.82, 2.24) is 9.97 Å². The number of nitrogens with one attached hydrogen (secondary N) is 1. The third-order valence-electron chi connectivity index (χ3n) is 2.56. The zero-order valence-corrected chi connectivity index (χ0v) is 11.6. The second-order valence-electron chi connectivity index (χ2n) is 4.11. The van der Waals surface area contributed by atoms with Crippen molar-refractivity contribution in [3.63, 3.8) is 0 Å². The van der Waals surface area contributed by atoms with E-state index >= 15 is 0 Å². The molecule has 3 nitrogen and oxygen atoms in total. The molecule has 8 heteroatoms. The molecule has 1 aromatic heterocycles. The second kappa shape index (κ2) is 5.85. The lowest BCUT2D eigenvalue weighted by atomic mass is 10.1. The Morgan fingerprint density at radius 3 is 2.48 bits per heavy atom. The topological polar surface area (TPSA) is 37.8 Å². The lowest BCUT2D eigenvalue weighted by Gasteiger charge is -2.11. The van der Waals surface area contributed by atoms with Crippen LogP contribution in [0.1, 0.15) is 12.6 Å². The van der Waals surface area contributed by atoms with Crippen LogP contribution in [0.3, 0.4) is 0 Å². The van der Waals surface area contributed by atoms with E-state index in [9.17, 15) is 17.6 Å². The van der Waals surface area contributed by atoms with E-state index in [1.165, 1.54) is 6.07 Å². The van der Waals surface area contributed by atoms with Crippen molar-refractivity contribution in [2.75, 3.05) is 11.9 Å². The Morgan fingerprint density at radius 1 is 1.19 bits per heavy atom. The van der Waals surface area contributed by atoms with Crippen LogP contribution in [0.4, 0.5) is 23.5 Å². The molecule has 0 fully saturated rings. The highest BCUT2D eigenvalue weighted by atomic mass is 35.5. The first-order chi connectivity index (χ1) is 9.81.